The highest BCUT2D eigenvalue weighted by Crippen LogP contribution is 2.23. The van der Waals surface area contributed by atoms with Crippen molar-refractivity contribution in [2.75, 3.05) is 19.7 Å². The Morgan fingerprint density at radius 3 is 2.50 bits per heavy atom. The molecule has 3 rings (SSSR count). The molecule has 0 bridgehead atoms. The molecule has 2 aliphatic rings. The van der Waals surface area contributed by atoms with Gasteiger partial charge >= 0.3 is 0 Å². The second kappa shape index (κ2) is 5.91. The number of hydrogen-bond acceptors (Lipinski definition) is 4. The van der Waals surface area contributed by atoms with E-state index in [1.807, 2.05) is 6.07 Å². The summed E-state index contributed by atoms with van der Waals surface area (Å²) in [5, 5.41) is 9.68. The molecule has 2 aliphatic heterocycles. The van der Waals surface area contributed by atoms with Crippen LogP contribution in [0.2, 0.25) is 0 Å². The van der Waals surface area contributed by atoms with Crippen molar-refractivity contribution in [1.29, 1.82) is 0 Å². The first-order valence-corrected chi connectivity index (χ1v) is 7.11. The van der Waals surface area contributed by atoms with E-state index in [0.29, 0.717) is 0 Å². The Bertz CT molecular complexity index is 457. The van der Waals surface area contributed by atoms with E-state index in [1.54, 1.807) is 0 Å². The average Bonchev–Trinajstić information content (AvgIpc) is 2.81. The van der Waals surface area contributed by atoms with Gasteiger partial charge in [0, 0.05) is 25.7 Å². The van der Waals surface area contributed by atoms with Gasteiger partial charge in [-0.05, 0) is 18.4 Å². The smallest absolute Gasteiger partial charge is 0.252 e. The number of likely N-dealkylation sites (tertiary alicyclic amines) is 1. The monoisotopic (exact) mass is 276 g/mol. The number of aliphatic hydroxyl groups is 1. The van der Waals surface area contributed by atoms with Crippen molar-refractivity contribution < 1.29 is 14.6 Å². The molecule has 20 heavy (non-hydrogen) atoms. The fraction of sp³-hybridized carbons (Fsp3) is 0.533. The zero-order valence-electron chi connectivity index (χ0n) is 11.4. The van der Waals surface area contributed by atoms with Crippen molar-refractivity contribution in [2.24, 2.45) is 0 Å². The van der Waals surface area contributed by atoms with Gasteiger partial charge in [0.05, 0.1) is 0 Å². The minimum Gasteiger partial charge on any atom is -0.351 e. The van der Waals surface area contributed by atoms with Gasteiger partial charge in [-0.1, -0.05) is 30.3 Å². The minimum atomic E-state index is -1.05. The molecule has 1 aromatic carbocycles. The maximum absolute atomic E-state index is 11.7. The summed E-state index contributed by atoms with van der Waals surface area (Å²) < 4.78 is 4.97. The van der Waals surface area contributed by atoms with Crippen LogP contribution in [-0.4, -0.2) is 53.0 Å². The summed E-state index contributed by atoms with van der Waals surface area (Å²) >= 11 is 0. The average molecular weight is 276 g/mol. The minimum absolute atomic E-state index is 0.00535. The number of aliphatic hydroxyl groups excluding tert-OH is 1. The highest BCUT2D eigenvalue weighted by Gasteiger charge is 2.37. The number of nitrogens with zero attached hydrogens (tertiary/aromatic N) is 2. The van der Waals surface area contributed by atoms with E-state index in [-0.39, 0.29) is 18.6 Å². The van der Waals surface area contributed by atoms with Gasteiger partial charge in [0.15, 0.2) is 0 Å². The Morgan fingerprint density at radius 1 is 1.20 bits per heavy atom. The summed E-state index contributed by atoms with van der Waals surface area (Å²) in [4.78, 5) is 15.6. The lowest BCUT2D eigenvalue weighted by atomic mass is 10.0. The van der Waals surface area contributed by atoms with Crippen molar-refractivity contribution in [3.05, 3.63) is 35.9 Å². The molecule has 1 N–H and O–H groups in total. The number of piperidine rings is 1. The lowest BCUT2D eigenvalue weighted by Gasteiger charge is -2.37. The number of ether oxygens (including phenoxy) is 1. The normalized spacial score (nSPS) is 25.4. The van der Waals surface area contributed by atoms with Gasteiger partial charge in [-0.25, -0.2) is 0 Å². The maximum Gasteiger partial charge on any atom is 0.252 e. The number of rotatable bonds is 3. The van der Waals surface area contributed by atoms with E-state index in [9.17, 15) is 9.90 Å². The van der Waals surface area contributed by atoms with Crippen LogP contribution in [0.1, 0.15) is 18.4 Å². The topological polar surface area (TPSA) is 53.0 Å². The number of carbonyl (C=O) groups excluding carboxylic acids is 1. The zero-order chi connectivity index (χ0) is 13.9. The molecular formula is C15H20N2O3. The Morgan fingerprint density at radius 2 is 1.90 bits per heavy atom. The quantitative estimate of drug-likeness (QED) is 0.886. The zero-order valence-corrected chi connectivity index (χ0v) is 11.4. The molecule has 0 aromatic heterocycles. The second-order valence-electron chi connectivity index (χ2n) is 5.43. The molecule has 1 unspecified atom stereocenters. The molecule has 2 heterocycles. The summed E-state index contributed by atoms with van der Waals surface area (Å²) in [7, 11) is 0. The number of benzene rings is 1. The lowest BCUT2D eigenvalue weighted by Crippen LogP contribution is -2.48. The van der Waals surface area contributed by atoms with Crippen LogP contribution in [-0.2, 0) is 16.1 Å². The molecule has 0 aliphatic carbocycles. The second-order valence-corrected chi connectivity index (χ2v) is 5.43. The Labute approximate surface area is 118 Å². The van der Waals surface area contributed by atoms with E-state index in [2.05, 4.69) is 29.2 Å². The third-order valence-electron chi connectivity index (χ3n) is 4.08. The molecule has 0 radical (unpaired) electrons. The van der Waals surface area contributed by atoms with Crippen LogP contribution in [0.15, 0.2) is 30.3 Å². The van der Waals surface area contributed by atoms with Gasteiger partial charge in [-0.15, -0.1) is 0 Å². The fourth-order valence-electron chi connectivity index (χ4n) is 3.01. The first-order valence-electron chi connectivity index (χ1n) is 7.11. The SMILES string of the molecule is O=C1COC(O)N1C1CCN(Cc2ccccc2)CC1. The van der Waals surface area contributed by atoms with E-state index < -0.39 is 6.41 Å². The summed E-state index contributed by atoms with van der Waals surface area (Å²) in [5.74, 6) is -0.0981. The van der Waals surface area contributed by atoms with Crippen molar-refractivity contribution in [1.82, 2.24) is 9.80 Å². The predicted molar refractivity (Wildman–Crippen MR) is 73.5 cm³/mol. The molecule has 1 atom stereocenters. The van der Waals surface area contributed by atoms with Gasteiger partial charge in [0.25, 0.3) is 5.91 Å². The molecule has 0 saturated carbocycles. The largest absolute Gasteiger partial charge is 0.351 e. The Kier molecular flexibility index (Phi) is 4.00. The summed E-state index contributed by atoms with van der Waals surface area (Å²) in [6.07, 6.45) is 0.728. The van der Waals surface area contributed by atoms with Crippen LogP contribution in [0.5, 0.6) is 0 Å². The van der Waals surface area contributed by atoms with E-state index in [0.717, 1.165) is 32.5 Å². The van der Waals surface area contributed by atoms with E-state index in [1.165, 1.54) is 10.5 Å². The molecule has 1 aromatic rings. The van der Waals surface area contributed by atoms with Crippen LogP contribution in [0, 0.1) is 0 Å². The van der Waals surface area contributed by atoms with Crippen molar-refractivity contribution >= 4 is 5.91 Å². The highest BCUT2D eigenvalue weighted by atomic mass is 16.6. The Balaban J connectivity index is 1.53. The van der Waals surface area contributed by atoms with Crippen LogP contribution in [0.25, 0.3) is 0 Å². The van der Waals surface area contributed by atoms with Crippen LogP contribution >= 0.6 is 0 Å². The van der Waals surface area contributed by atoms with Gasteiger partial charge < -0.3 is 9.84 Å². The first kappa shape index (κ1) is 13.5. The van der Waals surface area contributed by atoms with E-state index >= 15 is 0 Å². The predicted octanol–water partition coefficient (Wildman–Crippen LogP) is 0.786. The summed E-state index contributed by atoms with van der Waals surface area (Å²) in [6.45, 7) is 2.83. The molecule has 1 amide bonds. The lowest BCUT2D eigenvalue weighted by molar-refractivity contribution is -0.160. The van der Waals surface area contributed by atoms with E-state index in [4.69, 9.17) is 4.74 Å². The number of amides is 1. The van der Waals surface area contributed by atoms with Gasteiger partial charge in [-0.3, -0.25) is 14.6 Å². The van der Waals surface area contributed by atoms with Crippen LogP contribution < -0.4 is 0 Å². The molecule has 0 spiro atoms. The maximum atomic E-state index is 11.7. The van der Waals surface area contributed by atoms with Gasteiger partial charge in [0.2, 0.25) is 6.41 Å². The molecule has 108 valence electrons. The molecule has 5 nitrogen and oxygen atoms in total. The van der Waals surface area contributed by atoms with Crippen molar-refractivity contribution in [3.8, 4) is 0 Å². The highest BCUT2D eigenvalue weighted by molar-refractivity contribution is 5.79. The third-order valence-corrected chi connectivity index (χ3v) is 4.08. The van der Waals surface area contributed by atoms with Gasteiger partial charge in [0.1, 0.15) is 6.61 Å². The third kappa shape index (κ3) is 2.85. The van der Waals surface area contributed by atoms with Gasteiger partial charge in [-0.2, -0.15) is 0 Å². The first-order chi connectivity index (χ1) is 9.74. The molecule has 5 heteroatoms. The molecule has 2 fully saturated rings. The summed E-state index contributed by atoms with van der Waals surface area (Å²) in [5.41, 5.74) is 1.31. The summed E-state index contributed by atoms with van der Waals surface area (Å²) in [6, 6.07) is 10.5. The number of hydrogen-bond donors (Lipinski definition) is 1. The van der Waals surface area contributed by atoms with Crippen LogP contribution in [0.4, 0.5) is 0 Å². The van der Waals surface area contributed by atoms with Crippen molar-refractivity contribution in [2.45, 2.75) is 31.8 Å². The van der Waals surface area contributed by atoms with Crippen LogP contribution in [0.3, 0.4) is 0 Å². The van der Waals surface area contributed by atoms with Crippen molar-refractivity contribution in [3.63, 3.8) is 0 Å². The fourth-order valence-corrected chi connectivity index (χ4v) is 3.01. The molecule has 2 saturated heterocycles. The number of carbonyl (C=O) groups is 1. The Hall–Kier alpha value is -1.43. The standard InChI is InChI=1S/C15H20N2O3/c18-14-11-20-15(19)17(14)13-6-8-16(9-7-13)10-12-4-2-1-3-5-12/h1-5,13,15,19H,6-11H2. The molecular weight excluding hydrogens is 256 g/mol.